The van der Waals surface area contributed by atoms with Crippen molar-refractivity contribution in [3.8, 4) is 0 Å². The van der Waals surface area contributed by atoms with Gasteiger partial charge in [-0.05, 0) is 0 Å². The number of ether oxygens (including phenoxy) is 1. The summed E-state index contributed by atoms with van der Waals surface area (Å²) in [6.45, 7) is 1.57. The first-order valence-electron chi connectivity index (χ1n) is 3.80. The quantitative estimate of drug-likeness (QED) is 0.553. The molecule has 0 radical (unpaired) electrons. The Bertz CT molecular complexity index is 206. The lowest BCUT2D eigenvalue weighted by molar-refractivity contribution is -0.114. The molecule has 1 aliphatic rings. The minimum absolute atomic E-state index is 0.134. The van der Waals surface area contributed by atoms with Crippen molar-refractivity contribution in [2.75, 3.05) is 6.61 Å². The average Bonchev–Trinajstić information content (AvgIpc) is 2.37. The fourth-order valence-electron chi connectivity index (χ4n) is 0.839. The molecule has 54 valence electrons. The van der Waals surface area contributed by atoms with Crippen LogP contribution in [-0.4, -0.2) is 12.4 Å². The molecule has 2 heteroatoms. The van der Waals surface area contributed by atoms with Gasteiger partial charge in [0.2, 0.25) is 0 Å². The van der Waals surface area contributed by atoms with Crippen LogP contribution in [0.15, 0.2) is 24.5 Å². The topological polar surface area (TPSA) is 26.3 Å². The van der Waals surface area contributed by atoms with E-state index in [1.165, 1.54) is 12.6 Å². The van der Waals surface area contributed by atoms with Crippen molar-refractivity contribution >= 4 is 5.78 Å². The number of hydrogen-bond acceptors (Lipinski definition) is 2. The Balaban J connectivity index is 2.27. The monoisotopic (exact) mass is 139 g/mol. The summed E-state index contributed by atoms with van der Waals surface area (Å²) in [4.78, 5) is 10.7. The second-order valence-electron chi connectivity index (χ2n) is 2.12. The van der Waals surface area contributed by atoms with Gasteiger partial charge in [0.05, 0.1) is 1.37 Å². The average molecular weight is 139 g/mol. The van der Waals surface area contributed by atoms with Crippen molar-refractivity contribution < 1.29 is 10.9 Å². The van der Waals surface area contributed by atoms with Gasteiger partial charge in [0, 0.05) is 18.9 Å². The standard InChI is InChI=1S/C8H10O2/c1-2-5-10-8-4-3-7(9)6-8/h2,6H,1,3-5H2/i1D. The Morgan fingerprint density at radius 2 is 2.80 bits per heavy atom. The van der Waals surface area contributed by atoms with Crippen molar-refractivity contribution in [2.45, 2.75) is 12.8 Å². The van der Waals surface area contributed by atoms with E-state index in [9.17, 15) is 4.79 Å². The lowest BCUT2D eigenvalue weighted by Crippen LogP contribution is -1.87. The molecule has 0 heterocycles. The Morgan fingerprint density at radius 3 is 3.40 bits per heavy atom. The molecule has 0 aliphatic heterocycles. The molecule has 1 rings (SSSR count). The van der Waals surface area contributed by atoms with E-state index in [0.29, 0.717) is 19.4 Å². The van der Waals surface area contributed by atoms with Gasteiger partial charge in [-0.2, -0.15) is 0 Å². The number of hydrogen-bond donors (Lipinski definition) is 0. The highest BCUT2D eigenvalue weighted by molar-refractivity contribution is 5.92. The highest BCUT2D eigenvalue weighted by Crippen LogP contribution is 2.15. The summed E-state index contributed by atoms with van der Waals surface area (Å²) in [7, 11) is 0. The molecular formula is C8H10O2. The molecule has 2 nitrogen and oxygen atoms in total. The van der Waals surface area contributed by atoms with Crippen molar-refractivity contribution in [2.24, 2.45) is 0 Å². The van der Waals surface area contributed by atoms with Crippen LogP contribution in [0, 0.1) is 0 Å². The van der Waals surface area contributed by atoms with Crippen molar-refractivity contribution in [1.82, 2.24) is 0 Å². The molecule has 0 bridgehead atoms. The van der Waals surface area contributed by atoms with Gasteiger partial charge in [0.15, 0.2) is 5.78 Å². The van der Waals surface area contributed by atoms with Gasteiger partial charge in [-0.25, -0.2) is 0 Å². The summed E-state index contributed by atoms with van der Waals surface area (Å²) in [6.07, 6.45) is 4.39. The Hall–Kier alpha value is -1.05. The van der Waals surface area contributed by atoms with Crippen LogP contribution in [-0.2, 0) is 9.53 Å². The predicted molar refractivity (Wildman–Crippen MR) is 38.5 cm³/mol. The largest absolute Gasteiger partial charge is 0.494 e. The molecule has 1 aliphatic carbocycles. The third-order valence-electron chi connectivity index (χ3n) is 1.30. The number of carbonyl (C=O) groups is 1. The zero-order valence-corrected chi connectivity index (χ0v) is 5.67. The van der Waals surface area contributed by atoms with Crippen LogP contribution < -0.4 is 0 Å². The third-order valence-corrected chi connectivity index (χ3v) is 1.30. The van der Waals surface area contributed by atoms with Gasteiger partial charge in [-0.3, -0.25) is 4.79 Å². The second-order valence-corrected chi connectivity index (χ2v) is 2.12. The van der Waals surface area contributed by atoms with E-state index in [1.807, 2.05) is 0 Å². The van der Waals surface area contributed by atoms with Crippen LogP contribution in [0.3, 0.4) is 0 Å². The maximum Gasteiger partial charge on any atom is 0.159 e. The minimum Gasteiger partial charge on any atom is -0.494 e. The number of ketones is 1. The van der Waals surface area contributed by atoms with Crippen LogP contribution >= 0.6 is 0 Å². The number of carbonyl (C=O) groups excluding carboxylic acids is 1. The third kappa shape index (κ3) is 1.72. The highest BCUT2D eigenvalue weighted by Gasteiger charge is 2.11. The Morgan fingerprint density at radius 1 is 1.90 bits per heavy atom. The summed E-state index contributed by atoms with van der Waals surface area (Å²) in [5, 5.41) is 0. The first-order chi connectivity index (χ1) is 5.33. The van der Waals surface area contributed by atoms with Crippen LogP contribution in [0.4, 0.5) is 0 Å². The molecular weight excluding hydrogens is 128 g/mol. The molecule has 0 aromatic rings. The molecule has 0 spiro atoms. The van der Waals surface area contributed by atoms with E-state index in [0.717, 1.165) is 5.76 Å². The molecule has 0 aromatic carbocycles. The van der Waals surface area contributed by atoms with E-state index < -0.39 is 0 Å². The smallest absolute Gasteiger partial charge is 0.159 e. The van der Waals surface area contributed by atoms with Gasteiger partial charge in [0.25, 0.3) is 0 Å². The summed E-state index contributed by atoms with van der Waals surface area (Å²) < 4.78 is 11.8. The zero-order valence-electron chi connectivity index (χ0n) is 6.67. The van der Waals surface area contributed by atoms with Gasteiger partial charge in [0.1, 0.15) is 12.4 Å². The van der Waals surface area contributed by atoms with Gasteiger partial charge < -0.3 is 4.74 Å². The molecule has 0 atom stereocenters. The molecule has 0 unspecified atom stereocenters. The van der Waals surface area contributed by atoms with E-state index >= 15 is 0 Å². The molecule has 0 N–H and O–H groups in total. The van der Waals surface area contributed by atoms with E-state index in [4.69, 9.17) is 6.11 Å². The molecule has 0 fully saturated rings. The van der Waals surface area contributed by atoms with Crippen LogP contribution in [0.5, 0.6) is 0 Å². The Kier molecular flexibility index (Phi) is 1.83. The fourth-order valence-corrected chi connectivity index (χ4v) is 0.839. The van der Waals surface area contributed by atoms with E-state index in [2.05, 4.69) is 0 Å². The zero-order chi connectivity index (χ0) is 8.10. The molecule has 0 saturated carbocycles. The minimum atomic E-state index is 0.134. The number of rotatable bonds is 3. The van der Waals surface area contributed by atoms with E-state index in [1.54, 1.807) is 6.08 Å². The first-order valence-corrected chi connectivity index (χ1v) is 3.22. The maximum atomic E-state index is 10.7. The molecule has 0 aromatic heterocycles. The van der Waals surface area contributed by atoms with E-state index in [-0.39, 0.29) is 5.78 Å². The lowest BCUT2D eigenvalue weighted by Gasteiger charge is -2.00. The van der Waals surface area contributed by atoms with Crippen molar-refractivity contribution in [3.63, 3.8) is 0 Å². The molecule has 0 saturated heterocycles. The molecule has 10 heavy (non-hydrogen) atoms. The highest BCUT2D eigenvalue weighted by atomic mass is 16.5. The fraction of sp³-hybridized carbons (Fsp3) is 0.375. The lowest BCUT2D eigenvalue weighted by atomic mass is 10.3. The van der Waals surface area contributed by atoms with Gasteiger partial charge >= 0.3 is 0 Å². The SMILES string of the molecule is [2H]C=CCOC1=CC(=O)CC1. The molecule has 0 amide bonds. The summed E-state index contributed by atoms with van der Waals surface area (Å²) in [5.41, 5.74) is 0. The van der Waals surface area contributed by atoms with Crippen LogP contribution in [0.2, 0.25) is 0 Å². The summed E-state index contributed by atoms with van der Waals surface area (Å²) >= 11 is 0. The van der Waals surface area contributed by atoms with Gasteiger partial charge in [-0.1, -0.05) is 12.6 Å². The van der Waals surface area contributed by atoms with Gasteiger partial charge in [-0.15, -0.1) is 0 Å². The van der Waals surface area contributed by atoms with Crippen molar-refractivity contribution in [3.05, 3.63) is 24.5 Å². The van der Waals surface area contributed by atoms with Crippen molar-refractivity contribution in [1.29, 1.82) is 0 Å². The predicted octanol–water partition coefficient (Wildman–Crippen LogP) is 1.44. The van der Waals surface area contributed by atoms with Crippen LogP contribution in [0.25, 0.3) is 0 Å². The van der Waals surface area contributed by atoms with Crippen LogP contribution in [0.1, 0.15) is 14.2 Å². The summed E-state index contributed by atoms with van der Waals surface area (Å²) in [6, 6.07) is 0. The summed E-state index contributed by atoms with van der Waals surface area (Å²) in [5.74, 6) is 0.878. The number of allylic oxidation sites excluding steroid dienone is 2. The normalized spacial score (nSPS) is 19.4. The maximum absolute atomic E-state index is 10.7. The Labute approximate surface area is 61.6 Å². The first kappa shape index (κ1) is 5.71. The second kappa shape index (κ2) is 3.20.